The van der Waals surface area contributed by atoms with Crippen LogP contribution in [-0.4, -0.2) is 34.0 Å². The van der Waals surface area contributed by atoms with Gasteiger partial charge in [-0.1, -0.05) is 59.6 Å². The molecule has 0 aliphatic heterocycles. The topological polar surface area (TPSA) is 75.7 Å². The van der Waals surface area contributed by atoms with E-state index in [9.17, 15) is 13.2 Å². The van der Waals surface area contributed by atoms with Crippen molar-refractivity contribution in [1.29, 1.82) is 0 Å². The summed E-state index contributed by atoms with van der Waals surface area (Å²) in [5.74, 6) is 0.430. The number of nitrogens with zero attached hydrogens (tertiary/aromatic N) is 1. The Labute approximate surface area is 206 Å². The number of carbonyl (C=O) groups excluding carboxylic acids is 1. The summed E-state index contributed by atoms with van der Waals surface area (Å²) in [5.41, 5.74) is 2.26. The third-order valence-corrected chi connectivity index (χ3v) is 7.33. The molecule has 3 aromatic carbocycles. The lowest BCUT2D eigenvalue weighted by Crippen LogP contribution is -2.41. The van der Waals surface area contributed by atoms with Gasteiger partial charge in [-0.25, -0.2) is 8.42 Å². The van der Waals surface area contributed by atoms with Crippen LogP contribution in [-0.2, 0) is 21.2 Å². The molecule has 0 unspecified atom stereocenters. The average Bonchev–Trinajstić information content (AvgIpc) is 2.82. The fourth-order valence-electron chi connectivity index (χ4n) is 3.49. The summed E-state index contributed by atoms with van der Waals surface area (Å²) in [6.07, 6.45) is 1.42. The van der Waals surface area contributed by atoms with Gasteiger partial charge < -0.3 is 10.1 Å². The Hall–Kier alpha value is -3.03. The van der Waals surface area contributed by atoms with Crippen LogP contribution >= 0.6 is 11.6 Å². The fraction of sp³-hybridized carbons (Fsp3) is 0.269. The number of ether oxygens (including phenoxy) is 1. The van der Waals surface area contributed by atoms with Crippen molar-refractivity contribution in [2.75, 3.05) is 24.0 Å². The van der Waals surface area contributed by atoms with E-state index in [4.69, 9.17) is 16.3 Å². The van der Waals surface area contributed by atoms with Crippen LogP contribution in [0.1, 0.15) is 24.5 Å². The normalized spacial score (nSPS) is 11.1. The van der Waals surface area contributed by atoms with Gasteiger partial charge >= 0.3 is 0 Å². The molecule has 0 saturated heterocycles. The Kier molecular flexibility index (Phi) is 8.96. The van der Waals surface area contributed by atoms with E-state index in [0.717, 1.165) is 27.6 Å². The first-order chi connectivity index (χ1) is 16.3. The van der Waals surface area contributed by atoms with E-state index in [1.54, 1.807) is 36.4 Å². The fourth-order valence-corrected chi connectivity index (χ4v) is 5.22. The quantitative estimate of drug-likeness (QED) is 0.376. The molecule has 0 fully saturated rings. The smallest absolute Gasteiger partial charge is 0.264 e. The van der Waals surface area contributed by atoms with Crippen LogP contribution in [0.3, 0.4) is 0 Å². The molecule has 3 rings (SSSR count). The summed E-state index contributed by atoms with van der Waals surface area (Å²) in [7, 11) is -4.00. The third-order valence-electron chi connectivity index (χ3n) is 5.23. The monoisotopic (exact) mass is 500 g/mol. The number of amides is 1. The number of nitrogens with one attached hydrogen (secondary N) is 1. The Morgan fingerprint density at radius 2 is 1.68 bits per heavy atom. The average molecular weight is 501 g/mol. The number of carbonyl (C=O) groups is 1. The first-order valence-electron chi connectivity index (χ1n) is 11.1. The van der Waals surface area contributed by atoms with Crippen molar-refractivity contribution in [2.45, 2.75) is 31.6 Å². The molecule has 3 aromatic rings. The predicted molar refractivity (Wildman–Crippen MR) is 136 cm³/mol. The van der Waals surface area contributed by atoms with E-state index in [1.807, 2.05) is 38.1 Å². The summed E-state index contributed by atoms with van der Waals surface area (Å²) < 4.78 is 33.5. The molecule has 8 heteroatoms. The van der Waals surface area contributed by atoms with Crippen molar-refractivity contribution in [3.05, 3.63) is 88.9 Å². The SMILES string of the molecule is CCOc1ccccc1CCCNC(=O)CN(c1ccccc1Cl)S(=O)(=O)c1ccc(C)cc1. The van der Waals surface area contributed by atoms with E-state index < -0.39 is 15.9 Å². The molecule has 0 spiro atoms. The van der Waals surface area contributed by atoms with E-state index in [-0.39, 0.29) is 22.2 Å². The minimum absolute atomic E-state index is 0.0957. The van der Waals surface area contributed by atoms with Gasteiger partial charge in [0.1, 0.15) is 12.3 Å². The van der Waals surface area contributed by atoms with Crippen molar-refractivity contribution < 1.29 is 17.9 Å². The summed E-state index contributed by atoms with van der Waals surface area (Å²) in [6.45, 7) is 4.42. The van der Waals surface area contributed by atoms with Crippen LogP contribution in [0.2, 0.25) is 5.02 Å². The molecule has 34 heavy (non-hydrogen) atoms. The van der Waals surface area contributed by atoms with Gasteiger partial charge in [0.2, 0.25) is 5.91 Å². The zero-order valence-electron chi connectivity index (χ0n) is 19.3. The molecule has 180 valence electrons. The minimum atomic E-state index is -4.00. The molecular formula is C26H29ClN2O4S. The van der Waals surface area contributed by atoms with Crippen LogP contribution in [0.15, 0.2) is 77.7 Å². The van der Waals surface area contributed by atoms with Crippen molar-refractivity contribution in [1.82, 2.24) is 5.32 Å². The highest BCUT2D eigenvalue weighted by molar-refractivity contribution is 7.92. The number of anilines is 1. The molecule has 0 aromatic heterocycles. The molecule has 0 bridgehead atoms. The number of hydrogen-bond donors (Lipinski definition) is 1. The highest BCUT2D eigenvalue weighted by atomic mass is 35.5. The highest BCUT2D eigenvalue weighted by Gasteiger charge is 2.28. The second-order valence-corrected chi connectivity index (χ2v) is 10.0. The van der Waals surface area contributed by atoms with Gasteiger partial charge in [0, 0.05) is 6.54 Å². The Bertz CT molecular complexity index is 1210. The number of sulfonamides is 1. The van der Waals surface area contributed by atoms with Gasteiger partial charge in [-0.3, -0.25) is 9.10 Å². The number of para-hydroxylation sites is 2. The van der Waals surface area contributed by atoms with Gasteiger partial charge in [-0.05, 0) is 62.6 Å². The van der Waals surface area contributed by atoms with Crippen LogP contribution < -0.4 is 14.4 Å². The number of benzene rings is 3. The highest BCUT2D eigenvalue weighted by Crippen LogP contribution is 2.30. The number of aryl methyl sites for hydroxylation is 2. The molecule has 1 N–H and O–H groups in total. The lowest BCUT2D eigenvalue weighted by atomic mass is 10.1. The standard InChI is InChI=1S/C26H29ClN2O4S/c1-3-33-25-13-7-4-9-21(25)10-8-18-28-26(30)19-29(24-12-6-5-11-23(24)27)34(31,32)22-16-14-20(2)15-17-22/h4-7,9,11-17H,3,8,10,18-19H2,1-2H3,(H,28,30). The summed E-state index contributed by atoms with van der Waals surface area (Å²) in [5, 5.41) is 3.08. The van der Waals surface area contributed by atoms with Gasteiger partial charge in [0.05, 0.1) is 22.2 Å². The van der Waals surface area contributed by atoms with Gasteiger partial charge in [0.15, 0.2) is 0 Å². The molecule has 1 amide bonds. The maximum Gasteiger partial charge on any atom is 0.264 e. The van der Waals surface area contributed by atoms with Crippen molar-refractivity contribution in [2.24, 2.45) is 0 Å². The number of halogens is 1. The number of rotatable bonds is 11. The van der Waals surface area contributed by atoms with Gasteiger partial charge in [-0.2, -0.15) is 0 Å². The number of hydrogen-bond acceptors (Lipinski definition) is 4. The largest absolute Gasteiger partial charge is 0.494 e. The molecule has 0 radical (unpaired) electrons. The molecule has 6 nitrogen and oxygen atoms in total. The van der Waals surface area contributed by atoms with Crippen molar-refractivity contribution in [3.8, 4) is 5.75 Å². The first kappa shape index (κ1) is 25.6. The Morgan fingerprint density at radius 3 is 2.38 bits per heavy atom. The van der Waals surface area contributed by atoms with Crippen LogP contribution in [0.5, 0.6) is 5.75 Å². The lowest BCUT2D eigenvalue weighted by Gasteiger charge is -2.25. The summed E-state index contributed by atoms with van der Waals surface area (Å²) in [6, 6.07) is 20.9. The molecule has 0 heterocycles. The molecule has 0 atom stereocenters. The summed E-state index contributed by atoms with van der Waals surface area (Å²) >= 11 is 6.31. The van der Waals surface area contributed by atoms with Crippen molar-refractivity contribution in [3.63, 3.8) is 0 Å². The Balaban J connectivity index is 1.70. The van der Waals surface area contributed by atoms with E-state index >= 15 is 0 Å². The molecule has 0 aliphatic carbocycles. The summed E-state index contributed by atoms with van der Waals surface area (Å²) in [4.78, 5) is 12.9. The molecular weight excluding hydrogens is 472 g/mol. The van der Waals surface area contributed by atoms with Gasteiger partial charge in [-0.15, -0.1) is 0 Å². The Morgan fingerprint density at radius 1 is 1.00 bits per heavy atom. The second kappa shape index (κ2) is 11.9. The minimum Gasteiger partial charge on any atom is -0.494 e. The maximum atomic E-state index is 13.4. The second-order valence-electron chi connectivity index (χ2n) is 7.77. The molecule has 0 saturated carbocycles. The van der Waals surface area contributed by atoms with Crippen molar-refractivity contribution >= 4 is 33.2 Å². The zero-order valence-corrected chi connectivity index (χ0v) is 20.9. The van der Waals surface area contributed by atoms with Crippen LogP contribution in [0, 0.1) is 6.92 Å². The first-order valence-corrected chi connectivity index (χ1v) is 13.0. The lowest BCUT2D eigenvalue weighted by molar-refractivity contribution is -0.119. The maximum absolute atomic E-state index is 13.4. The van der Waals surface area contributed by atoms with E-state index in [2.05, 4.69) is 5.32 Å². The zero-order chi connectivity index (χ0) is 24.6. The predicted octanol–water partition coefficient (Wildman–Crippen LogP) is 4.99. The van der Waals surface area contributed by atoms with Crippen LogP contribution in [0.4, 0.5) is 5.69 Å². The van der Waals surface area contributed by atoms with Crippen LogP contribution in [0.25, 0.3) is 0 Å². The van der Waals surface area contributed by atoms with Gasteiger partial charge in [0.25, 0.3) is 10.0 Å². The molecule has 0 aliphatic rings. The van der Waals surface area contributed by atoms with E-state index in [1.165, 1.54) is 12.1 Å². The third kappa shape index (κ3) is 6.52. The van der Waals surface area contributed by atoms with E-state index in [0.29, 0.717) is 19.6 Å².